The molecule has 11 heteroatoms. The van der Waals surface area contributed by atoms with Crippen LogP contribution in [0.15, 0.2) is 36.5 Å². The third-order valence-corrected chi connectivity index (χ3v) is 6.08. The molecule has 0 rings (SSSR count). The summed E-state index contributed by atoms with van der Waals surface area (Å²) in [5, 5.41) is 18.3. The maximum atomic E-state index is 11.8. The molecule has 3 atom stereocenters. The highest BCUT2D eigenvalue weighted by molar-refractivity contribution is 7.47. The van der Waals surface area contributed by atoms with E-state index in [0.717, 1.165) is 44.9 Å². The van der Waals surface area contributed by atoms with Gasteiger partial charge in [-0.15, -0.1) is 0 Å². The second kappa shape index (κ2) is 23.3. The number of carboxylic acid groups (broad SMARTS) is 1. The quantitative estimate of drug-likeness (QED) is 0.0570. The van der Waals surface area contributed by atoms with Crippen LogP contribution >= 0.6 is 7.82 Å². The molecule has 3 unspecified atom stereocenters. The molecule has 0 aromatic rings. The van der Waals surface area contributed by atoms with Crippen molar-refractivity contribution in [3.8, 4) is 0 Å². The zero-order valence-electron chi connectivity index (χ0n) is 22.0. The Morgan fingerprint density at radius 1 is 0.838 bits per heavy atom. The van der Waals surface area contributed by atoms with E-state index < -0.39 is 51.7 Å². The summed E-state index contributed by atoms with van der Waals surface area (Å²) in [6.07, 6.45) is 23.6. The Balaban J connectivity index is 3.62. The van der Waals surface area contributed by atoms with Gasteiger partial charge in [0, 0.05) is 6.42 Å². The van der Waals surface area contributed by atoms with Crippen molar-refractivity contribution >= 4 is 19.8 Å². The maximum absolute atomic E-state index is 11.8. The molecule has 0 spiro atoms. The number of unbranched alkanes of at least 4 members (excludes halogenated alkanes) is 7. The van der Waals surface area contributed by atoms with Crippen molar-refractivity contribution in [2.45, 2.75) is 96.1 Å². The minimum Gasteiger partial charge on any atom is -0.480 e. The standard InChI is InChI=1S/C26H46NO9P/c1-2-3-4-5-6-7-8-9-10-11-12-13-14-15-16-17-18-19-25(29)34-20-23(28)21-35-37(32,33)36-22-24(27)26(30)31/h3-4,6-7,9-10,23-24,28H,2,5,8,11-22,27H2,1H3,(H,30,31)(H,32,33)/b4-3-,7-6-,10-9-. The monoisotopic (exact) mass is 547 g/mol. The summed E-state index contributed by atoms with van der Waals surface area (Å²) < 4.78 is 25.5. The number of rotatable bonds is 24. The number of aliphatic hydroxyl groups is 1. The van der Waals surface area contributed by atoms with Gasteiger partial charge in [-0.2, -0.15) is 0 Å². The average molecular weight is 548 g/mol. The van der Waals surface area contributed by atoms with Gasteiger partial charge in [0.1, 0.15) is 18.8 Å². The lowest BCUT2D eigenvalue weighted by Gasteiger charge is -2.16. The van der Waals surface area contributed by atoms with Crippen molar-refractivity contribution in [2.75, 3.05) is 19.8 Å². The van der Waals surface area contributed by atoms with Crippen LogP contribution in [0.4, 0.5) is 0 Å². The highest BCUT2D eigenvalue weighted by Gasteiger charge is 2.26. The second-order valence-electron chi connectivity index (χ2n) is 8.65. The number of phosphoric ester groups is 1. The number of nitrogens with two attached hydrogens (primary N) is 1. The molecule has 214 valence electrons. The van der Waals surface area contributed by atoms with Crippen molar-refractivity contribution in [3.63, 3.8) is 0 Å². The first-order valence-electron chi connectivity index (χ1n) is 13.1. The Hall–Kier alpha value is -1.81. The molecule has 10 nitrogen and oxygen atoms in total. The van der Waals surface area contributed by atoms with Crippen LogP contribution in [0.1, 0.15) is 84.0 Å². The Labute approximate surface area is 221 Å². The fourth-order valence-electron chi connectivity index (χ4n) is 3.01. The summed E-state index contributed by atoms with van der Waals surface area (Å²) in [4.78, 5) is 31.7. The van der Waals surface area contributed by atoms with Gasteiger partial charge in [0.2, 0.25) is 0 Å². The van der Waals surface area contributed by atoms with Crippen molar-refractivity contribution in [1.29, 1.82) is 0 Å². The lowest BCUT2D eigenvalue weighted by Crippen LogP contribution is -2.34. The van der Waals surface area contributed by atoms with E-state index in [1.807, 2.05) is 0 Å². The van der Waals surface area contributed by atoms with Gasteiger partial charge in [0.15, 0.2) is 0 Å². The van der Waals surface area contributed by atoms with Crippen LogP contribution in [-0.2, 0) is 27.9 Å². The molecule has 0 aromatic heterocycles. The molecule has 37 heavy (non-hydrogen) atoms. The Morgan fingerprint density at radius 2 is 1.38 bits per heavy atom. The van der Waals surface area contributed by atoms with Gasteiger partial charge in [-0.1, -0.05) is 75.5 Å². The molecule has 0 heterocycles. The number of hydrogen-bond donors (Lipinski definition) is 4. The average Bonchev–Trinajstić information content (AvgIpc) is 2.86. The van der Waals surface area contributed by atoms with E-state index in [-0.39, 0.29) is 6.42 Å². The molecular formula is C26H46NO9P. The van der Waals surface area contributed by atoms with Gasteiger partial charge in [0.05, 0.1) is 13.2 Å². The second-order valence-corrected chi connectivity index (χ2v) is 10.1. The number of carboxylic acids is 1. The minimum absolute atomic E-state index is 0.233. The Bertz CT molecular complexity index is 740. The minimum atomic E-state index is -4.59. The van der Waals surface area contributed by atoms with Gasteiger partial charge in [-0.3, -0.25) is 18.6 Å². The SMILES string of the molecule is CC/C=C\C/C=C\C/C=C\CCCCCCCCCC(=O)OCC(O)COP(=O)(O)OCC(N)C(=O)O. The molecule has 0 saturated heterocycles. The Morgan fingerprint density at radius 3 is 2.00 bits per heavy atom. The fourth-order valence-corrected chi connectivity index (χ4v) is 3.80. The molecule has 5 N–H and O–H groups in total. The zero-order chi connectivity index (χ0) is 27.8. The lowest BCUT2D eigenvalue weighted by atomic mass is 10.1. The third-order valence-electron chi connectivity index (χ3n) is 5.13. The van der Waals surface area contributed by atoms with E-state index in [4.69, 9.17) is 15.6 Å². The van der Waals surface area contributed by atoms with E-state index in [2.05, 4.69) is 52.4 Å². The largest absolute Gasteiger partial charge is 0.480 e. The van der Waals surface area contributed by atoms with Crippen molar-refractivity contribution in [1.82, 2.24) is 0 Å². The van der Waals surface area contributed by atoms with Crippen LogP contribution in [0, 0.1) is 0 Å². The number of allylic oxidation sites excluding steroid dienone is 6. The topological polar surface area (TPSA) is 166 Å². The van der Waals surface area contributed by atoms with Gasteiger partial charge in [-0.25, -0.2) is 4.57 Å². The summed E-state index contributed by atoms with van der Waals surface area (Å²) in [5.41, 5.74) is 5.16. The van der Waals surface area contributed by atoms with Crippen LogP contribution in [0.25, 0.3) is 0 Å². The summed E-state index contributed by atoms with van der Waals surface area (Å²) in [6, 6.07) is -1.49. The Kier molecular flexibility index (Phi) is 22.2. The van der Waals surface area contributed by atoms with E-state index in [0.29, 0.717) is 6.42 Å². The summed E-state index contributed by atoms with van der Waals surface area (Å²) >= 11 is 0. The normalized spacial score (nSPS) is 15.4. The number of esters is 1. The molecular weight excluding hydrogens is 501 g/mol. The first-order valence-corrected chi connectivity index (χ1v) is 14.6. The number of hydrogen-bond acceptors (Lipinski definition) is 8. The van der Waals surface area contributed by atoms with E-state index in [1.165, 1.54) is 19.3 Å². The molecule has 0 aliphatic rings. The number of aliphatic carboxylic acids is 1. The molecule has 0 amide bonds. The number of aliphatic hydroxyl groups excluding tert-OH is 1. The zero-order valence-corrected chi connectivity index (χ0v) is 22.9. The van der Waals surface area contributed by atoms with Crippen LogP contribution in [0.3, 0.4) is 0 Å². The molecule has 0 aliphatic heterocycles. The maximum Gasteiger partial charge on any atom is 0.472 e. The first kappa shape index (κ1) is 35.2. The van der Waals surface area contributed by atoms with E-state index in [1.54, 1.807) is 0 Å². The van der Waals surface area contributed by atoms with E-state index >= 15 is 0 Å². The summed E-state index contributed by atoms with van der Waals surface area (Å²) in [6.45, 7) is 0.371. The number of carbonyl (C=O) groups is 2. The highest BCUT2D eigenvalue weighted by atomic mass is 31.2. The van der Waals surface area contributed by atoms with E-state index in [9.17, 15) is 24.2 Å². The van der Waals surface area contributed by atoms with Crippen molar-refractivity contribution in [2.24, 2.45) is 5.73 Å². The number of ether oxygens (including phenoxy) is 1. The molecule has 0 bridgehead atoms. The van der Waals surface area contributed by atoms with Crippen LogP contribution in [0.2, 0.25) is 0 Å². The first-order chi connectivity index (χ1) is 17.7. The van der Waals surface area contributed by atoms with Crippen molar-refractivity contribution in [3.05, 3.63) is 36.5 Å². The predicted octanol–water partition coefficient (Wildman–Crippen LogP) is 4.81. The molecule has 0 aromatic carbocycles. The third kappa shape index (κ3) is 24.3. The molecule has 0 fully saturated rings. The fraction of sp³-hybridized carbons (Fsp3) is 0.692. The highest BCUT2D eigenvalue weighted by Crippen LogP contribution is 2.43. The van der Waals surface area contributed by atoms with Gasteiger partial charge < -0.3 is 25.6 Å². The summed E-state index contributed by atoms with van der Waals surface area (Å²) in [5.74, 6) is -1.87. The van der Waals surface area contributed by atoms with Crippen LogP contribution in [0.5, 0.6) is 0 Å². The lowest BCUT2D eigenvalue weighted by molar-refractivity contribution is -0.147. The molecule has 0 radical (unpaired) electrons. The van der Waals surface area contributed by atoms with Crippen LogP contribution < -0.4 is 5.73 Å². The smallest absolute Gasteiger partial charge is 0.472 e. The van der Waals surface area contributed by atoms with Gasteiger partial charge in [0.25, 0.3) is 0 Å². The van der Waals surface area contributed by atoms with Crippen molar-refractivity contribution < 1.29 is 43.0 Å². The number of phosphoric acid groups is 1. The number of carbonyl (C=O) groups excluding carboxylic acids is 1. The molecule has 0 aliphatic carbocycles. The van der Waals surface area contributed by atoms with Gasteiger partial charge in [-0.05, 0) is 38.5 Å². The summed E-state index contributed by atoms with van der Waals surface area (Å²) in [7, 11) is -4.59. The molecule has 0 saturated carbocycles. The predicted molar refractivity (Wildman–Crippen MR) is 143 cm³/mol. The van der Waals surface area contributed by atoms with Gasteiger partial charge >= 0.3 is 19.8 Å². The van der Waals surface area contributed by atoms with Crippen LogP contribution in [-0.4, -0.2) is 59.0 Å².